The van der Waals surface area contributed by atoms with E-state index in [0.29, 0.717) is 16.9 Å². The van der Waals surface area contributed by atoms with Gasteiger partial charge in [-0.3, -0.25) is 5.10 Å². The van der Waals surface area contributed by atoms with Gasteiger partial charge in [0.05, 0.1) is 0 Å². The van der Waals surface area contributed by atoms with Crippen molar-refractivity contribution in [1.82, 2.24) is 10.2 Å². The highest BCUT2D eigenvalue weighted by atomic mass is 19.1. The van der Waals surface area contributed by atoms with Crippen molar-refractivity contribution in [2.75, 3.05) is 5.73 Å². The highest BCUT2D eigenvalue weighted by Crippen LogP contribution is 2.30. The highest BCUT2D eigenvalue weighted by Gasteiger charge is 2.15. The van der Waals surface area contributed by atoms with Crippen LogP contribution < -0.4 is 5.73 Å². The molecule has 0 unspecified atom stereocenters. The summed E-state index contributed by atoms with van der Waals surface area (Å²) in [7, 11) is 0. The molecule has 0 amide bonds. The number of nitrogens with two attached hydrogens (primary N) is 1. The first-order valence-corrected chi connectivity index (χ1v) is 6.31. The lowest BCUT2D eigenvalue weighted by molar-refractivity contribution is 0.631. The summed E-state index contributed by atoms with van der Waals surface area (Å²) in [5, 5.41) is 6.92. The average molecular weight is 247 g/mol. The first-order chi connectivity index (χ1) is 8.74. The maximum absolute atomic E-state index is 13.8. The molecule has 0 atom stereocenters. The van der Waals surface area contributed by atoms with Crippen molar-refractivity contribution in [3.8, 4) is 11.1 Å². The van der Waals surface area contributed by atoms with Gasteiger partial charge in [0, 0.05) is 16.8 Å². The van der Waals surface area contributed by atoms with Crippen molar-refractivity contribution in [2.24, 2.45) is 0 Å². The van der Waals surface area contributed by atoms with Gasteiger partial charge in [-0.1, -0.05) is 38.0 Å². The number of hydrogen-bond acceptors (Lipinski definition) is 2. The van der Waals surface area contributed by atoms with Gasteiger partial charge in [-0.25, -0.2) is 4.39 Å². The quantitative estimate of drug-likeness (QED) is 0.794. The summed E-state index contributed by atoms with van der Waals surface area (Å²) in [5.74, 6) is 0.105. The zero-order valence-electron chi connectivity index (χ0n) is 10.5. The van der Waals surface area contributed by atoms with Gasteiger partial charge in [-0.2, -0.15) is 5.10 Å². The van der Waals surface area contributed by atoms with E-state index in [2.05, 4.69) is 17.1 Å². The van der Waals surface area contributed by atoms with Crippen molar-refractivity contribution >= 4 is 5.82 Å². The third-order valence-electron chi connectivity index (χ3n) is 3.04. The number of benzene rings is 1. The van der Waals surface area contributed by atoms with Crippen molar-refractivity contribution in [3.05, 3.63) is 35.8 Å². The number of nitrogens with zero attached hydrogens (tertiary/aromatic N) is 1. The van der Waals surface area contributed by atoms with E-state index in [9.17, 15) is 4.39 Å². The van der Waals surface area contributed by atoms with E-state index >= 15 is 0 Å². The SMILES string of the molecule is CCCCCc1[nH]nc(N)c1-c1ccccc1F. The van der Waals surface area contributed by atoms with Gasteiger partial charge in [0.2, 0.25) is 0 Å². The Bertz CT molecular complexity index is 520. The van der Waals surface area contributed by atoms with Crippen LogP contribution in [0.5, 0.6) is 0 Å². The van der Waals surface area contributed by atoms with Gasteiger partial charge in [0.1, 0.15) is 5.82 Å². The van der Waals surface area contributed by atoms with Crippen LogP contribution in [-0.4, -0.2) is 10.2 Å². The van der Waals surface area contributed by atoms with Gasteiger partial charge < -0.3 is 5.73 Å². The third kappa shape index (κ3) is 2.53. The van der Waals surface area contributed by atoms with Crippen LogP contribution in [0.25, 0.3) is 11.1 Å². The van der Waals surface area contributed by atoms with E-state index in [4.69, 9.17) is 5.73 Å². The maximum atomic E-state index is 13.8. The van der Waals surface area contributed by atoms with Crippen molar-refractivity contribution < 1.29 is 4.39 Å². The van der Waals surface area contributed by atoms with Crippen LogP contribution in [0.1, 0.15) is 31.9 Å². The molecule has 0 aliphatic heterocycles. The number of nitrogen functional groups attached to an aromatic ring is 1. The lowest BCUT2D eigenvalue weighted by atomic mass is 10.0. The summed E-state index contributed by atoms with van der Waals surface area (Å²) in [6.07, 6.45) is 4.20. The second kappa shape index (κ2) is 5.67. The maximum Gasteiger partial charge on any atom is 0.153 e. The smallest absolute Gasteiger partial charge is 0.153 e. The Morgan fingerprint density at radius 3 is 2.78 bits per heavy atom. The van der Waals surface area contributed by atoms with Crippen LogP contribution in [0.3, 0.4) is 0 Å². The second-order valence-corrected chi connectivity index (χ2v) is 4.40. The Labute approximate surface area is 106 Å². The van der Waals surface area contributed by atoms with E-state index < -0.39 is 0 Å². The molecule has 18 heavy (non-hydrogen) atoms. The zero-order chi connectivity index (χ0) is 13.0. The van der Waals surface area contributed by atoms with Crippen molar-refractivity contribution in [2.45, 2.75) is 32.6 Å². The van der Waals surface area contributed by atoms with Crippen LogP contribution in [0.15, 0.2) is 24.3 Å². The molecule has 0 aliphatic carbocycles. The monoisotopic (exact) mass is 247 g/mol. The van der Waals surface area contributed by atoms with Crippen LogP contribution in [-0.2, 0) is 6.42 Å². The number of halogens is 1. The molecular weight excluding hydrogens is 229 g/mol. The van der Waals surface area contributed by atoms with E-state index in [1.54, 1.807) is 18.2 Å². The molecule has 0 aliphatic rings. The minimum Gasteiger partial charge on any atom is -0.382 e. The van der Waals surface area contributed by atoms with E-state index in [0.717, 1.165) is 31.4 Å². The summed E-state index contributed by atoms with van der Waals surface area (Å²) in [6, 6.07) is 6.66. The van der Waals surface area contributed by atoms with Crippen molar-refractivity contribution in [3.63, 3.8) is 0 Å². The molecule has 0 spiro atoms. The molecule has 96 valence electrons. The fraction of sp³-hybridized carbons (Fsp3) is 0.357. The zero-order valence-corrected chi connectivity index (χ0v) is 10.5. The highest BCUT2D eigenvalue weighted by molar-refractivity contribution is 5.76. The lowest BCUT2D eigenvalue weighted by Gasteiger charge is -2.05. The molecule has 1 aromatic heterocycles. The second-order valence-electron chi connectivity index (χ2n) is 4.40. The fourth-order valence-corrected chi connectivity index (χ4v) is 2.09. The van der Waals surface area contributed by atoms with Gasteiger partial charge in [0.25, 0.3) is 0 Å². The predicted octanol–water partition coefficient (Wildman–Crippen LogP) is 3.53. The minimum absolute atomic E-state index is 0.262. The van der Waals surface area contributed by atoms with Crippen LogP contribution in [0.2, 0.25) is 0 Å². The lowest BCUT2D eigenvalue weighted by Crippen LogP contribution is -1.94. The molecular formula is C14H18FN3. The summed E-state index contributed by atoms with van der Waals surface area (Å²) in [6.45, 7) is 2.15. The predicted molar refractivity (Wildman–Crippen MR) is 71.6 cm³/mol. The Kier molecular flexibility index (Phi) is 3.97. The third-order valence-corrected chi connectivity index (χ3v) is 3.04. The van der Waals surface area contributed by atoms with E-state index in [1.165, 1.54) is 6.07 Å². The van der Waals surface area contributed by atoms with Crippen LogP contribution in [0.4, 0.5) is 10.2 Å². The molecule has 0 saturated heterocycles. The Morgan fingerprint density at radius 2 is 2.06 bits per heavy atom. The van der Waals surface area contributed by atoms with Crippen molar-refractivity contribution in [1.29, 1.82) is 0 Å². The Balaban J connectivity index is 2.32. The number of hydrogen-bond donors (Lipinski definition) is 2. The first-order valence-electron chi connectivity index (χ1n) is 6.31. The topological polar surface area (TPSA) is 54.7 Å². The molecule has 0 saturated carbocycles. The number of aromatic amines is 1. The normalized spacial score (nSPS) is 10.8. The van der Waals surface area contributed by atoms with Crippen LogP contribution >= 0.6 is 0 Å². The average Bonchev–Trinajstić information content (AvgIpc) is 2.72. The molecule has 0 radical (unpaired) electrons. The number of anilines is 1. The van der Waals surface area contributed by atoms with E-state index in [1.807, 2.05) is 0 Å². The molecule has 3 nitrogen and oxygen atoms in total. The standard InChI is InChI=1S/C14H18FN3/c1-2-3-4-9-12-13(14(16)18-17-12)10-7-5-6-8-11(10)15/h5-8H,2-4,9H2,1H3,(H3,16,17,18). The molecule has 2 rings (SSSR count). The largest absolute Gasteiger partial charge is 0.382 e. The molecule has 3 N–H and O–H groups in total. The van der Waals surface area contributed by atoms with Crippen LogP contribution in [0, 0.1) is 5.82 Å². The summed E-state index contributed by atoms with van der Waals surface area (Å²) < 4.78 is 13.8. The number of nitrogens with one attached hydrogen (secondary N) is 1. The van der Waals surface area contributed by atoms with Gasteiger partial charge in [-0.05, 0) is 18.9 Å². The van der Waals surface area contributed by atoms with Gasteiger partial charge in [-0.15, -0.1) is 0 Å². The summed E-state index contributed by atoms with van der Waals surface area (Å²) in [5.41, 5.74) is 8.00. The van der Waals surface area contributed by atoms with Gasteiger partial charge in [0.15, 0.2) is 5.82 Å². The number of unbranched alkanes of at least 4 members (excludes halogenated alkanes) is 2. The summed E-state index contributed by atoms with van der Waals surface area (Å²) >= 11 is 0. The molecule has 1 heterocycles. The van der Waals surface area contributed by atoms with E-state index in [-0.39, 0.29) is 5.82 Å². The number of rotatable bonds is 5. The minimum atomic E-state index is -0.262. The molecule has 1 aromatic carbocycles. The number of H-pyrrole nitrogens is 1. The molecule has 0 bridgehead atoms. The fourth-order valence-electron chi connectivity index (χ4n) is 2.09. The Morgan fingerprint density at radius 1 is 1.28 bits per heavy atom. The summed E-state index contributed by atoms with van der Waals surface area (Å²) in [4.78, 5) is 0. The molecule has 4 heteroatoms. The number of aryl methyl sites for hydroxylation is 1. The first kappa shape index (κ1) is 12.6. The Hall–Kier alpha value is -1.84. The van der Waals surface area contributed by atoms with Gasteiger partial charge >= 0.3 is 0 Å². The molecule has 0 fully saturated rings. The number of aromatic nitrogens is 2. The molecule has 2 aromatic rings.